The highest BCUT2D eigenvalue weighted by Crippen LogP contribution is 2.40. The Morgan fingerprint density at radius 3 is 3.05 bits per heavy atom. The van der Waals surface area contributed by atoms with Crippen LogP contribution in [0.2, 0.25) is 5.28 Å². The van der Waals surface area contributed by atoms with Crippen LogP contribution in [-0.2, 0) is 0 Å². The van der Waals surface area contributed by atoms with Crippen molar-refractivity contribution in [2.45, 2.75) is 38.1 Å². The van der Waals surface area contributed by atoms with Crippen molar-refractivity contribution in [3.8, 4) is 0 Å². The second-order valence-corrected chi connectivity index (χ2v) is 5.88. The zero-order valence-electron chi connectivity index (χ0n) is 10.6. The molecule has 6 heteroatoms. The lowest BCUT2D eigenvalue weighted by molar-refractivity contribution is 0.341. The maximum absolute atomic E-state index is 6.04. The van der Waals surface area contributed by atoms with Crippen molar-refractivity contribution in [3.05, 3.63) is 11.5 Å². The van der Waals surface area contributed by atoms with E-state index in [1.54, 1.807) is 6.20 Å². The van der Waals surface area contributed by atoms with Crippen LogP contribution in [0.4, 0.5) is 5.82 Å². The van der Waals surface area contributed by atoms with E-state index >= 15 is 0 Å². The van der Waals surface area contributed by atoms with Gasteiger partial charge < -0.3 is 4.90 Å². The van der Waals surface area contributed by atoms with E-state index in [0.717, 1.165) is 29.3 Å². The minimum atomic E-state index is 0.297. The van der Waals surface area contributed by atoms with E-state index in [-0.39, 0.29) is 0 Å². The topological polar surface area (TPSA) is 57.7 Å². The molecule has 0 radical (unpaired) electrons. The third-order valence-electron chi connectivity index (χ3n) is 4.54. The standard InChI is InChI=1S/C13H16ClN5/c14-13-16-11-9(7-15-18-11)12(17-13)19-6-5-8-3-1-2-4-10(8)19/h7-8,10H,1-6H2,(H,15,16,17,18). The van der Waals surface area contributed by atoms with Gasteiger partial charge in [-0.1, -0.05) is 12.8 Å². The second kappa shape index (κ2) is 4.34. The average Bonchev–Trinajstić information content (AvgIpc) is 3.03. The van der Waals surface area contributed by atoms with Gasteiger partial charge in [0.05, 0.1) is 11.6 Å². The number of halogens is 1. The van der Waals surface area contributed by atoms with Gasteiger partial charge in [-0.15, -0.1) is 0 Å². The van der Waals surface area contributed by atoms with E-state index in [1.807, 2.05) is 0 Å². The monoisotopic (exact) mass is 277 g/mol. The molecule has 0 amide bonds. The van der Waals surface area contributed by atoms with Gasteiger partial charge in [-0.2, -0.15) is 15.1 Å². The number of hydrogen-bond acceptors (Lipinski definition) is 4. The Morgan fingerprint density at radius 1 is 1.21 bits per heavy atom. The highest BCUT2D eigenvalue weighted by molar-refractivity contribution is 6.28. The van der Waals surface area contributed by atoms with E-state index < -0.39 is 0 Å². The van der Waals surface area contributed by atoms with Crippen LogP contribution in [0.1, 0.15) is 32.1 Å². The lowest BCUT2D eigenvalue weighted by Crippen LogP contribution is -2.35. The van der Waals surface area contributed by atoms with Crippen LogP contribution in [-0.4, -0.2) is 32.8 Å². The van der Waals surface area contributed by atoms with E-state index in [2.05, 4.69) is 25.1 Å². The fraction of sp³-hybridized carbons (Fsp3) is 0.615. The lowest BCUT2D eigenvalue weighted by atomic mass is 9.85. The van der Waals surface area contributed by atoms with E-state index in [0.29, 0.717) is 11.3 Å². The van der Waals surface area contributed by atoms with Gasteiger partial charge in [0.1, 0.15) is 5.82 Å². The summed E-state index contributed by atoms with van der Waals surface area (Å²) in [5.74, 6) is 1.78. The Bertz CT molecular complexity index is 610. The molecule has 1 aliphatic heterocycles. The lowest BCUT2D eigenvalue weighted by Gasteiger charge is -2.32. The van der Waals surface area contributed by atoms with Crippen LogP contribution in [0.3, 0.4) is 0 Å². The molecule has 2 aliphatic rings. The number of aromatic nitrogens is 4. The van der Waals surface area contributed by atoms with Gasteiger partial charge in [-0.25, -0.2) is 0 Å². The molecule has 3 heterocycles. The highest BCUT2D eigenvalue weighted by atomic mass is 35.5. The Morgan fingerprint density at radius 2 is 2.11 bits per heavy atom. The van der Waals surface area contributed by atoms with Crippen LogP contribution < -0.4 is 4.90 Å². The fourth-order valence-corrected chi connectivity index (χ4v) is 3.85. The molecule has 5 nitrogen and oxygen atoms in total. The maximum Gasteiger partial charge on any atom is 0.226 e. The zero-order valence-corrected chi connectivity index (χ0v) is 11.4. The molecule has 4 rings (SSSR count). The van der Waals surface area contributed by atoms with Crippen LogP contribution in [0, 0.1) is 5.92 Å². The number of nitrogens with one attached hydrogen (secondary N) is 1. The van der Waals surface area contributed by atoms with Gasteiger partial charge >= 0.3 is 0 Å². The van der Waals surface area contributed by atoms with Crippen molar-refractivity contribution < 1.29 is 0 Å². The SMILES string of the molecule is Clc1nc(N2CCC3CCCCC32)c2cn[nH]c2n1. The molecule has 1 aliphatic carbocycles. The normalized spacial score (nSPS) is 26.9. The van der Waals surface area contributed by atoms with Crippen molar-refractivity contribution in [1.82, 2.24) is 20.2 Å². The minimum absolute atomic E-state index is 0.297. The Hall–Kier alpha value is -1.36. The number of anilines is 1. The molecule has 2 atom stereocenters. The smallest absolute Gasteiger partial charge is 0.226 e. The number of rotatable bonds is 1. The Balaban J connectivity index is 1.79. The maximum atomic E-state index is 6.04. The van der Waals surface area contributed by atoms with Gasteiger partial charge in [0.2, 0.25) is 5.28 Å². The summed E-state index contributed by atoms with van der Waals surface area (Å²) in [7, 11) is 0. The number of hydrogen-bond donors (Lipinski definition) is 1. The van der Waals surface area contributed by atoms with Gasteiger partial charge in [0.25, 0.3) is 0 Å². The van der Waals surface area contributed by atoms with Crippen molar-refractivity contribution in [2.75, 3.05) is 11.4 Å². The van der Waals surface area contributed by atoms with E-state index in [9.17, 15) is 0 Å². The molecule has 2 aromatic heterocycles. The predicted octanol–water partition coefficient (Wildman–Crippen LogP) is 2.78. The van der Waals surface area contributed by atoms with Gasteiger partial charge in [0, 0.05) is 12.6 Å². The van der Waals surface area contributed by atoms with E-state index in [1.165, 1.54) is 32.1 Å². The predicted molar refractivity (Wildman–Crippen MR) is 74.4 cm³/mol. The summed E-state index contributed by atoms with van der Waals surface area (Å²) in [6.45, 7) is 1.07. The Labute approximate surface area is 116 Å². The van der Waals surface area contributed by atoms with Gasteiger partial charge in [0.15, 0.2) is 5.65 Å². The van der Waals surface area contributed by atoms with E-state index in [4.69, 9.17) is 11.6 Å². The second-order valence-electron chi connectivity index (χ2n) is 5.54. The quantitative estimate of drug-likeness (QED) is 0.815. The molecular weight excluding hydrogens is 262 g/mol. The number of nitrogens with zero attached hydrogens (tertiary/aromatic N) is 4. The van der Waals surface area contributed by atoms with Crippen molar-refractivity contribution >= 4 is 28.5 Å². The number of H-pyrrole nitrogens is 1. The summed E-state index contributed by atoms with van der Waals surface area (Å²) >= 11 is 6.04. The molecule has 1 N–H and O–H groups in total. The summed E-state index contributed by atoms with van der Waals surface area (Å²) in [6, 6.07) is 0.623. The largest absolute Gasteiger partial charge is 0.353 e. The summed E-state index contributed by atoms with van der Waals surface area (Å²) in [5.41, 5.74) is 0.731. The summed E-state index contributed by atoms with van der Waals surface area (Å²) < 4.78 is 0. The first-order valence-corrected chi connectivity index (χ1v) is 7.34. The first-order chi connectivity index (χ1) is 9.33. The van der Waals surface area contributed by atoms with Crippen molar-refractivity contribution in [3.63, 3.8) is 0 Å². The molecule has 19 heavy (non-hydrogen) atoms. The van der Waals surface area contributed by atoms with Crippen LogP contribution in [0.5, 0.6) is 0 Å². The third-order valence-corrected chi connectivity index (χ3v) is 4.71. The molecule has 0 spiro atoms. The summed E-state index contributed by atoms with van der Waals surface area (Å²) in [6.07, 6.45) is 8.40. The first-order valence-electron chi connectivity index (χ1n) is 6.96. The molecule has 2 unspecified atom stereocenters. The Kier molecular flexibility index (Phi) is 2.62. The molecule has 1 saturated carbocycles. The van der Waals surface area contributed by atoms with Crippen molar-refractivity contribution in [2.24, 2.45) is 5.92 Å². The molecular formula is C13H16ClN5. The minimum Gasteiger partial charge on any atom is -0.353 e. The molecule has 100 valence electrons. The molecule has 2 fully saturated rings. The highest BCUT2D eigenvalue weighted by Gasteiger charge is 2.37. The van der Waals surface area contributed by atoms with Crippen LogP contribution in [0.25, 0.3) is 11.0 Å². The molecule has 0 aromatic carbocycles. The van der Waals surface area contributed by atoms with Crippen LogP contribution in [0.15, 0.2) is 6.20 Å². The summed E-state index contributed by atoms with van der Waals surface area (Å²) in [4.78, 5) is 11.1. The molecule has 1 saturated heterocycles. The molecule has 0 bridgehead atoms. The number of aromatic amines is 1. The zero-order chi connectivity index (χ0) is 12.8. The van der Waals surface area contributed by atoms with Crippen LogP contribution >= 0.6 is 11.6 Å². The van der Waals surface area contributed by atoms with Gasteiger partial charge in [-0.05, 0) is 36.8 Å². The third kappa shape index (κ3) is 1.79. The first kappa shape index (κ1) is 11.5. The summed E-state index contributed by atoms with van der Waals surface area (Å²) in [5, 5.41) is 8.23. The number of fused-ring (bicyclic) bond motifs is 2. The fourth-order valence-electron chi connectivity index (χ4n) is 3.68. The van der Waals surface area contributed by atoms with Gasteiger partial charge in [-0.3, -0.25) is 5.10 Å². The average molecular weight is 278 g/mol. The molecule has 2 aromatic rings. The van der Waals surface area contributed by atoms with Crippen molar-refractivity contribution in [1.29, 1.82) is 0 Å².